The normalized spacial score (nSPS) is 12.6. The molecule has 3 rings (SSSR count). The zero-order chi connectivity index (χ0) is 28.5. The second-order valence-electron chi connectivity index (χ2n) is 8.06. The number of nitrogens with one attached hydrogen (secondary N) is 1. The summed E-state index contributed by atoms with van der Waals surface area (Å²) in [6, 6.07) is 5.27. The van der Waals surface area contributed by atoms with Crippen LogP contribution in [0.1, 0.15) is 40.2 Å². The molecule has 1 aromatic rings. The first-order chi connectivity index (χ1) is 17.6. The highest BCUT2D eigenvalue weighted by Crippen LogP contribution is 2.41. The lowest BCUT2D eigenvalue weighted by atomic mass is 10.1. The molecule has 2 heterocycles. The number of sulfonamides is 1. The number of alkyl halides is 5. The molecular formula is C22H22F5N3O5S3. The van der Waals surface area contributed by atoms with Crippen molar-refractivity contribution in [3.8, 4) is 5.69 Å². The molecule has 0 radical (unpaired) electrons. The van der Waals surface area contributed by atoms with Crippen molar-refractivity contribution in [2.75, 3.05) is 17.6 Å². The average molecular weight is 600 g/mol. The van der Waals surface area contributed by atoms with E-state index in [9.17, 15) is 40.0 Å². The molecule has 8 nitrogen and oxygen atoms in total. The maximum Gasteiger partial charge on any atom is 0.453 e. The summed E-state index contributed by atoms with van der Waals surface area (Å²) in [4.78, 5) is 28.9. The van der Waals surface area contributed by atoms with Crippen LogP contribution in [0, 0.1) is 13.8 Å². The van der Waals surface area contributed by atoms with E-state index in [1.807, 2.05) is 0 Å². The molecule has 2 aliphatic heterocycles. The van der Waals surface area contributed by atoms with E-state index in [1.54, 1.807) is 13.8 Å². The maximum absolute atomic E-state index is 13.2. The molecule has 0 saturated carbocycles. The zero-order valence-electron chi connectivity index (χ0n) is 20.2. The third-order valence-electron chi connectivity index (χ3n) is 5.48. The minimum absolute atomic E-state index is 0.00801. The minimum atomic E-state index is -5.62. The number of aryl methyl sites for hydroxylation is 1. The number of imidazole rings is 1. The molecule has 0 unspecified atom stereocenters. The Morgan fingerprint density at radius 1 is 1.16 bits per heavy atom. The first-order valence-electron chi connectivity index (χ1n) is 10.9. The number of carbonyl (C=O) groups is 1. The quantitative estimate of drug-likeness (QED) is 0.144. The molecule has 0 saturated heterocycles. The topological polar surface area (TPSA) is 107 Å². The van der Waals surface area contributed by atoms with Gasteiger partial charge in [0.15, 0.2) is 5.82 Å². The van der Waals surface area contributed by atoms with Gasteiger partial charge in [-0.2, -0.15) is 26.9 Å². The first kappa shape index (κ1) is 29.8. The minimum Gasteiger partial charge on any atom is -0.465 e. The van der Waals surface area contributed by atoms with Crippen LogP contribution >= 0.6 is 23.1 Å². The molecule has 208 valence electrons. The largest absolute Gasteiger partial charge is 0.465 e. The SMILES string of the molecule is COC(=O)c1ccccc1S(=O)(=O)Nc1nc(=O)n2c(C)c(C)sc(SCCCCC(F)(F)C(F)(F)F)c1-2. The molecule has 1 N–H and O–H groups in total. The predicted octanol–water partition coefficient (Wildman–Crippen LogP) is 5.40. The van der Waals surface area contributed by atoms with Crippen molar-refractivity contribution in [1.82, 2.24) is 9.55 Å². The number of carbonyl (C=O) groups excluding carboxylic acids is 1. The highest BCUT2D eigenvalue weighted by atomic mass is 32.2. The van der Waals surface area contributed by atoms with Crippen molar-refractivity contribution in [3.05, 3.63) is 50.9 Å². The van der Waals surface area contributed by atoms with Crippen molar-refractivity contribution in [3.63, 3.8) is 0 Å². The maximum atomic E-state index is 13.2. The highest BCUT2D eigenvalue weighted by molar-refractivity contribution is 8.01. The van der Waals surface area contributed by atoms with E-state index in [-0.39, 0.29) is 29.2 Å². The fourth-order valence-electron chi connectivity index (χ4n) is 3.40. The van der Waals surface area contributed by atoms with Crippen LogP contribution in [0.15, 0.2) is 38.2 Å². The van der Waals surface area contributed by atoms with Gasteiger partial charge in [0.25, 0.3) is 10.0 Å². The fraction of sp³-hybridized carbons (Fsp3) is 0.409. The van der Waals surface area contributed by atoms with Crippen molar-refractivity contribution in [2.24, 2.45) is 0 Å². The van der Waals surface area contributed by atoms with Crippen LogP contribution in [0.3, 0.4) is 0 Å². The number of esters is 1. The number of halogens is 5. The Balaban J connectivity index is 1.91. The van der Waals surface area contributed by atoms with E-state index >= 15 is 0 Å². The Morgan fingerprint density at radius 3 is 2.45 bits per heavy atom. The van der Waals surface area contributed by atoms with Crippen LogP contribution in [-0.4, -0.2) is 48.9 Å². The summed E-state index contributed by atoms with van der Waals surface area (Å²) >= 11 is 2.26. The Morgan fingerprint density at radius 2 is 1.82 bits per heavy atom. The second-order valence-corrected chi connectivity index (χ2v) is 12.3. The lowest BCUT2D eigenvalue weighted by Crippen LogP contribution is -2.36. The van der Waals surface area contributed by atoms with Gasteiger partial charge in [0, 0.05) is 17.0 Å². The number of aromatic nitrogens is 2. The number of hydrogen-bond acceptors (Lipinski definition) is 8. The summed E-state index contributed by atoms with van der Waals surface area (Å²) in [7, 11) is -3.35. The van der Waals surface area contributed by atoms with Crippen molar-refractivity contribution in [1.29, 1.82) is 0 Å². The summed E-state index contributed by atoms with van der Waals surface area (Å²) < 4.78 is 98.4. The molecule has 0 bridgehead atoms. The summed E-state index contributed by atoms with van der Waals surface area (Å²) in [6.45, 7) is 3.34. The van der Waals surface area contributed by atoms with Gasteiger partial charge >= 0.3 is 23.8 Å². The smallest absolute Gasteiger partial charge is 0.453 e. The third-order valence-corrected chi connectivity index (χ3v) is 9.41. The third kappa shape index (κ3) is 6.12. The number of rotatable bonds is 10. The Hall–Kier alpha value is -2.72. The molecule has 0 spiro atoms. The van der Waals surface area contributed by atoms with Gasteiger partial charge in [-0.25, -0.2) is 18.0 Å². The van der Waals surface area contributed by atoms with Crippen LogP contribution < -0.4 is 10.4 Å². The van der Waals surface area contributed by atoms with Gasteiger partial charge in [-0.05, 0) is 44.6 Å². The lowest BCUT2D eigenvalue weighted by Gasteiger charge is -2.19. The summed E-state index contributed by atoms with van der Waals surface area (Å²) in [6.07, 6.45) is -7.37. The molecule has 0 atom stereocenters. The predicted molar refractivity (Wildman–Crippen MR) is 133 cm³/mol. The number of ether oxygens (including phenoxy) is 1. The molecular weight excluding hydrogens is 577 g/mol. The molecule has 0 aromatic heterocycles. The number of methoxy groups -OCH3 is 1. The standard InChI is InChI=1S/C22H22F5N3O5S3/c1-12-13(2)37-19(36-11-7-6-10-21(23,24)22(25,26)27)16-17(28-20(32)30(12)16)29-38(33,34)15-9-5-4-8-14(15)18(31)35-3/h4-5,8-9H,6-7,10-11H2,1-3H3,(H,28,29,32). The number of hydrogen-bond donors (Lipinski definition) is 1. The first-order valence-corrected chi connectivity index (χ1v) is 14.2. The Kier molecular flexibility index (Phi) is 8.77. The number of thioether (sulfide) groups is 1. The Bertz CT molecular complexity index is 1470. The molecule has 0 aliphatic carbocycles. The summed E-state index contributed by atoms with van der Waals surface area (Å²) in [5.74, 6) is -5.88. The van der Waals surface area contributed by atoms with Crippen LogP contribution in [0.5, 0.6) is 0 Å². The highest BCUT2D eigenvalue weighted by Gasteiger charge is 2.56. The second kappa shape index (κ2) is 11.2. The van der Waals surface area contributed by atoms with E-state index in [4.69, 9.17) is 0 Å². The number of anilines is 1. The lowest BCUT2D eigenvalue weighted by molar-refractivity contribution is -0.284. The van der Waals surface area contributed by atoms with Gasteiger partial charge in [0.2, 0.25) is 0 Å². The molecule has 1 aromatic carbocycles. The van der Waals surface area contributed by atoms with Crippen LogP contribution in [-0.2, 0) is 14.8 Å². The molecule has 16 heteroatoms. The van der Waals surface area contributed by atoms with E-state index in [1.165, 1.54) is 40.2 Å². The zero-order valence-corrected chi connectivity index (χ0v) is 22.6. The monoisotopic (exact) mass is 599 g/mol. The Labute approximate surface area is 222 Å². The van der Waals surface area contributed by atoms with Crippen LogP contribution in [0.25, 0.3) is 5.69 Å². The van der Waals surface area contributed by atoms with E-state index in [2.05, 4.69) is 14.4 Å². The number of benzene rings is 1. The number of nitrogens with zero attached hydrogens (tertiary/aromatic N) is 2. The van der Waals surface area contributed by atoms with Gasteiger partial charge in [-0.15, -0.1) is 23.1 Å². The summed E-state index contributed by atoms with van der Waals surface area (Å²) in [5.41, 5.74) is -0.433. The van der Waals surface area contributed by atoms with Gasteiger partial charge in [-0.3, -0.25) is 9.29 Å². The number of unbranched alkanes of at least 4 members (excludes halogenated alkanes) is 1. The molecule has 0 amide bonds. The fourth-order valence-corrected chi connectivity index (χ4v) is 7.13. The van der Waals surface area contributed by atoms with E-state index in [0.717, 1.165) is 18.9 Å². The van der Waals surface area contributed by atoms with Gasteiger partial charge in [0.05, 0.1) is 16.9 Å². The number of fused-ring (bicyclic) bond motifs is 1. The van der Waals surface area contributed by atoms with Crippen molar-refractivity contribution >= 4 is 44.9 Å². The van der Waals surface area contributed by atoms with Gasteiger partial charge in [0.1, 0.15) is 10.6 Å². The molecule has 38 heavy (non-hydrogen) atoms. The van der Waals surface area contributed by atoms with Crippen molar-refractivity contribution in [2.45, 2.75) is 54.3 Å². The molecule has 2 aliphatic rings. The van der Waals surface area contributed by atoms with E-state index in [0.29, 0.717) is 14.8 Å². The van der Waals surface area contributed by atoms with Gasteiger partial charge in [-0.1, -0.05) is 12.1 Å². The molecule has 0 fully saturated rings. The van der Waals surface area contributed by atoms with Crippen molar-refractivity contribution < 1.29 is 39.9 Å². The van der Waals surface area contributed by atoms with E-state index < -0.39 is 51.5 Å². The van der Waals surface area contributed by atoms with Gasteiger partial charge < -0.3 is 4.74 Å². The average Bonchev–Trinajstić information content (AvgIpc) is 3.15. The van der Waals surface area contributed by atoms with Crippen LogP contribution in [0.2, 0.25) is 0 Å². The van der Waals surface area contributed by atoms with Crippen LogP contribution in [0.4, 0.5) is 27.8 Å². The summed E-state index contributed by atoms with van der Waals surface area (Å²) in [5, 5.41) is 0.